The predicted octanol–water partition coefficient (Wildman–Crippen LogP) is 0.490. The van der Waals surface area contributed by atoms with Crippen LogP contribution in [0.4, 0.5) is 8.78 Å². The molecule has 6 nitrogen and oxygen atoms in total. The summed E-state index contributed by atoms with van der Waals surface area (Å²) >= 11 is 0. The molecule has 0 aromatic heterocycles. The number of aliphatic hydroxyl groups excluding tert-OH is 1. The Morgan fingerprint density at radius 2 is 2.04 bits per heavy atom. The van der Waals surface area contributed by atoms with Crippen LogP contribution in [0.3, 0.4) is 0 Å². The van der Waals surface area contributed by atoms with E-state index < -0.39 is 39.7 Å². The Kier molecular flexibility index (Phi) is 5.02. The number of aliphatic hydroxyl groups is 1. The van der Waals surface area contributed by atoms with Crippen molar-refractivity contribution in [3.8, 4) is 0 Å². The zero-order valence-corrected chi connectivity index (χ0v) is 13.6. The maximum Gasteiger partial charge on any atom is 0.238 e. The highest BCUT2D eigenvalue weighted by Gasteiger charge is 2.36. The molecule has 1 heterocycles. The number of hydrogen-bond donors (Lipinski definition) is 1. The summed E-state index contributed by atoms with van der Waals surface area (Å²) in [6, 6.07) is 2.67. The largest absolute Gasteiger partial charge is 0.391 e. The van der Waals surface area contributed by atoms with E-state index in [9.17, 15) is 27.1 Å². The summed E-state index contributed by atoms with van der Waals surface area (Å²) in [4.78, 5) is 13.6. The van der Waals surface area contributed by atoms with Crippen molar-refractivity contribution >= 4 is 15.9 Å². The Morgan fingerprint density at radius 1 is 1.39 bits per heavy atom. The van der Waals surface area contributed by atoms with E-state index in [0.29, 0.717) is 5.56 Å². The lowest BCUT2D eigenvalue weighted by atomic mass is 10.0. The molecule has 0 aliphatic carbocycles. The maximum absolute atomic E-state index is 13.4. The minimum absolute atomic E-state index is 0.0140. The van der Waals surface area contributed by atoms with E-state index in [1.54, 1.807) is 0 Å². The number of carbonyl (C=O) groups is 1. The average Bonchev–Trinajstić information content (AvgIpc) is 2.83. The number of benzene rings is 1. The summed E-state index contributed by atoms with van der Waals surface area (Å²) in [7, 11) is -2.25. The molecular formula is C14H18F2N2O4S. The molecule has 0 unspecified atom stereocenters. The first-order valence-electron chi connectivity index (χ1n) is 6.93. The van der Waals surface area contributed by atoms with Gasteiger partial charge in [0, 0.05) is 13.6 Å². The van der Waals surface area contributed by atoms with E-state index in [2.05, 4.69) is 0 Å². The van der Waals surface area contributed by atoms with Crippen LogP contribution in [0.25, 0.3) is 0 Å². The lowest BCUT2D eigenvalue weighted by Crippen LogP contribution is -2.41. The van der Waals surface area contributed by atoms with Crippen LogP contribution in [0.2, 0.25) is 0 Å². The van der Waals surface area contributed by atoms with Crippen LogP contribution in [-0.4, -0.2) is 61.1 Å². The van der Waals surface area contributed by atoms with Crippen LogP contribution in [0.15, 0.2) is 18.2 Å². The van der Waals surface area contributed by atoms with Crippen molar-refractivity contribution in [2.45, 2.75) is 18.6 Å². The van der Waals surface area contributed by atoms with Crippen LogP contribution in [-0.2, 0) is 14.8 Å². The standard InChI is InChI=1S/C14H18F2N2O4S/c1-17(23(2,21)22)8-14(20)18-7-10(19)6-13(18)9-3-4-11(15)12(16)5-9/h3-5,10,13,19H,6-8H2,1-2H3/t10-,13-/m1/s1. The van der Waals surface area contributed by atoms with E-state index in [1.165, 1.54) is 18.0 Å². The van der Waals surface area contributed by atoms with Crippen molar-refractivity contribution in [2.24, 2.45) is 0 Å². The molecule has 128 valence electrons. The summed E-state index contributed by atoms with van der Waals surface area (Å²) in [5, 5.41) is 9.80. The van der Waals surface area contributed by atoms with Gasteiger partial charge in [-0.15, -0.1) is 0 Å². The first-order valence-corrected chi connectivity index (χ1v) is 8.78. The van der Waals surface area contributed by atoms with Crippen LogP contribution in [0, 0.1) is 11.6 Å². The number of likely N-dealkylation sites (tertiary alicyclic amines) is 1. The van der Waals surface area contributed by atoms with Crippen LogP contribution >= 0.6 is 0 Å². The van der Waals surface area contributed by atoms with Crippen LogP contribution < -0.4 is 0 Å². The Labute approximate surface area is 133 Å². The third-order valence-corrected chi connectivity index (χ3v) is 5.11. The average molecular weight is 348 g/mol. The van der Waals surface area contributed by atoms with Gasteiger partial charge < -0.3 is 10.0 Å². The van der Waals surface area contributed by atoms with Gasteiger partial charge in [0.25, 0.3) is 0 Å². The lowest BCUT2D eigenvalue weighted by molar-refractivity contribution is -0.132. The van der Waals surface area contributed by atoms with Crippen molar-refractivity contribution in [1.82, 2.24) is 9.21 Å². The van der Waals surface area contributed by atoms with Gasteiger partial charge in [0.2, 0.25) is 15.9 Å². The van der Waals surface area contributed by atoms with Gasteiger partial charge in [0.05, 0.1) is 24.9 Å². The zero-order chi connectivity index (χ0) is 17.4. The van der Waals surface area contributed by atoms with E-state index in [4.69, 9.17) is 0 Å². The number of amides is 1. The van der Waals surface area contributed by atoms with E-state index in [1.807, 2.05) is 0 Å². The first kappa shape index (κ1) is 17.8. The summed E-state index contributed by atoms with van der Waals surface area (Å²) in [5.74, 6) is -2.55. The highest BCUT2D eigenvalue weighted by atomic mass is 32.2. The molecule has 0 bridgehead atoms. The number of rotatable bonds is 4. The molecular weight excluding hydrogens is 330 g/mol. The lowest BCUT2D eigenvalue weighted by Gasteiger charge is -2.26. The zero-order valence-electron chi connectivity index (χ0n) is 12.7. The molecule has 1 saturated heterocycles. The summed E-state index contributed by atoms with van der Waals surface area (Å²) in [5.41, 5.74) is 0.357. The molecule has 0 saturated carbocycles. The van der Waals surface area contributed by atoms with Gasteiger partial charge in [-0.05, 0) is 24.1 Å². The number of β-amino-alcohol motifs (C(OH)–C–C–N with tert-alkyl or cyclic N) is 1. The van der Waals surface area contributed by atoms with Gasteiger partial charge in [0.15, 0.2) is 11.6 Å². The number of hydrogen-bond acceptors (Lipinski definition) is 4. The Bertz CT molecular complexity index is 711. The molecule has 1 N–H and O–H groups in total. The highest BCUT2D eigenvalue weighted by molar-refractivity contribution is 7.88. The molecule has 2 atom stereocenters. The topological polar surface area (TPSA) is 77.9 Å². The monoisotopic (exact) mass is 348 g/mol. The van der Waals surface area contributed by atoms with Crippen LogP contribution in [0.1, 0.15) is 18.0 Å². The quantitative estimate of drug-likeness (QED) is 0.859. The molecule has 0 radical (unpaired) electrons. The third-order valence-electron chi connectivity index (χ3n) is 3.85. The van der Waals surface area contributed by atoms with Gasteiger partial charge in [0.1, 0.15) is 0 Å². The molecule has 1 amide bonds. The second-order valence-corrected chi connectivity index (χ2v) is 7.73. The maximum atomic E-state index is 13.4. The molecule has 0 spiro atoms. The fraction of sp³-hybridized carbons (Fsp3) is 0.500. The van der Waals surface area contributed by atoms with E-state index >= 15 is 0 Å². The SMILES string of the molecule is CN(CC(=O)N1C[C@H](O)C[C@@H]1c1ccc(F)c(F)c1)S(C)(=O)=O. The van der Waals surface area contributed by atoms with Gasteiger partial charge >= 0.3 is 0 Å². The minimum Gasteiger partial charge on any atom is -0.391 e. The van der Waals surface area contributed by atoms with Crippen LogP contribution in [0.5, 0.6) is 0 Å². The van der Waals surface area contributed by atoms with Crippen molar-refractivity contribution in [3.05, 3.63) is 35.4 Å². The molecule has 23 heavy (non-hydrogen) atoms. The number of carbonyl (C=O) groups excluding carboxylic acids is 1. The summed E-state index contributed by atoms with van der Waals surface area (Å²) < 4.78 is 50.1. The van der Waals surface area contributed by atoms with Crippen molar-refractivity contribution in [3.63, 3.8) is 0 Å². The molecule has 1 aliphatic rings. The Balaban J connectivity index is 2.22. The molecule has 1 aromatic rings. The summed E-state index contributed by atoms with van der Waals surface area (Å²) in [6.07, 6.45) is 0.353. The van der Waals surface area contributed by atoms with Gasteiger partial charge in [-0.3, -0.25) is 4.79 Å². The van der Waals surface area contributed by atoms with Gasteiger partial charge in [-0.1, -0.05) is 6.07 Å². The predicted molar refractivity (Wildman–Crippen MR) is 78.9 cm³/mol. The minimum atomic E-state index is -3.52. The highest BCUT2D eigenvalue weighted by Crippen LogP contribution is 2.33. The molecule has 1 aliphatic heterocycles. The molecule has 2 rings (SSSR count). The fourth-order valence-corrected chi connectivity index (χ4v) is 2.87. The normalized spacial score (nSPS) is 21.9. The van der Waals surface area contributed by atoms with E-state index in [-0.39, 0.29) is 19.5 Å². The molecule has 1 aromatic carbocycles. The number of nitrogens with zero attached hydrogens (tertiary/aromatic N) is 2. The van der Waals surface area contributed by atoms with Crippen molar-refractivity contribution < 1.29 is 27.1 Å². The number of halogens is 2. The second-order valence-electron chi connectivity index (χ2n) is 5.64. The van der Waals surface area contributed by atoms with E-state index in [0.717, 1.165) is 22.7 Å². The second kappa shape index (κ2) is 6.50. The molecule has 9 heteroatoms. The summed E-state index contributed by atoms with van der Waals surface area (Å²) in [6.45, 7) is -0.369. The Morgan fingerprint density at radius 3 is 2.61 bits per heavy atom. The first-order chi connectivity index (χ1) is 10.6. The molecule has 1 fully saturated rings. The van der Waals surface area contributed by atoms with Crippen molar-refractivity contribution in [1.29, 1.82) is 0 Å². The number of likely N-dealkylation sites (N-methyl/N-ethyl adjacent to an activating group) is 1. The van der Waals surface area contributed by atoms with Gasteiger partial charge in [-0.25, -0.2) is 17.2 Å². The smallest absolute Gasteiger partial charge is 0.238 e. The number of sulfonamides is 1. The van der Waals surface area contributed by atoms with Crippen molar-refractivity contribution in [2.75, 3.05) is 26.4 Å². The fourth-order valence-electron chi connectivity index (χ4n) is 2.52. The Hall–Kier alpha value is -1.58. The van der Waals surface area contributed by atoms with Gasteiger partial charge in [-0.2, -0.15) is 4.31 Å². The third kappa shape index (κ3) is 4.04.